The Morgan fingerprint density at radius 2 is 2.38 bits per heavy atom. The second kappa shape index (κ2) is 2.91. The van der Waals surface area contributed by atoms with Crippen molar-refractivity contribution in [1.82, 2.24) is 9.97 Å². The van der Waals surface area contributed by atoms with Gasteiger partial charge in [0.1, 0.15) is 11.7 Å². The largest absolute Gasteiger partial charge is 0.343 e. The fourth-order valence-electron chi connectivity index (χ4n) is 1.32. The van der Waals surface area contributed by atoms with E-state index in [0.717, 1.165) is 23.1 Å². The molecule has 0 aliphatic rings. The van der Waals surface area contributed by atoms with E-state index in [-0.39, 0.29) is 0 Å². The van der Waals surface area contributed by atoms with Crippen molar-refractivity contribution in [3.63, 3.8) is 0 Å². The zero-order valence-electron chi connectivity index (χ0n) is 7.33. The Hall–Kier alpha value is -1.82. The number of pyridine rings is 1. The van der Waals surface area contributed by atoms with Crippen molar-refractivity contribution in [2.75, 3.05) is 0 Å². The molecule has 3 nitrogen and oxygen atoms in total. The highest BCUT2D eigenvalue weighted by atomic mass is 14.8. The lowest BCUT2D eigenvalue weighted by atomic mass is 10.2. The Labute approximate surface area is 76.0 Å². The number of H-pyrrole nitrogens is 1. The summed E-state index contributed by atoms with van der Waals surface area (Å²) in [5.41, 5.74) is 2.61. The van der Waals surface area contributed by atoms with Gasteiger partial charge in [0.15, 0.2) is 0 Å². The Balaban J connectivity index is 2.65. The van der Waals surface area contributed by atoms with E-state index in [4.69, 9.17) is 5.26 Å². The van der Waals surface area contributed by atoms with Gasteiger partial charge >= 0.3 is 0 Å². The topological polar surface area (TPSA) is 52.5 Å². The van der Waals surface area contributed by atoms with Gasteiger partial charge in [-0.2, -0.15) is 5.26 Å². The van der Waals surface area contributed by atoms with E-state index in [1.54, 1.807) is 6.20 Å². The summed E-state index contributed by atoms with van der Waals surface area (Å²) in [5.74, 6) is 0. The summed E-state index contributed by atoms with van der Waals surface area (Å²) in [7, 11) is 0. The summed E-state index contributed by atoms with van der Waals surface area (Å²) in [6.45, 7) is 2.08. The first-order valence-electron chi connectivity index (χ1n) is 4.21. The van der Waals surface area contributed by atoms with Gasteiger partial charge < -0.3 is 4.98 Å². The number of nitrogens with one attached hydrogen (secondary N) is 1. The molecule has 0 radical (unpaired) electrons. The molecule has 0 atom stereocenters. The van der Waals surface area contributed by atoms with Crippen LogP contribution in [0.3, 0.4) is 0 Å². The SMILES string of the molecule is CCc1cc2cc(C#N)cnc2[nH]1. The van der Waals surface area contributed by atoms with Gasteiger partial charge in [-0.3, -0.25) is 0 Å². The van der Waals surface area contributed by atoms with Crippen molar-refractivity contribution in [3.8, 4) is 6.07 Å². The first kappa shape index (κ1) is 7.81. The molecule has 2 aromatic rings. The molecule has 13 heavy (non-hydrogen) atoms. The molecule has 0 aromatic carbocycles. The number of hydrogen-bond acceptors (Lipinski definition) is 2. The second-order valence-corrected chi connectivity index (χ2v) is 2.92. The lowest BCUT2D eigenvalue weighted by Gasteiger charge is -1.88. The molecule has 0 aliphatic carbocycles. The average Bonchev–Trinajstić information content (AvgIpc) is 2.58. The molecular weight excluding hydrogens is 162 g/mol. The van der Waals surface area contributed by atoms with Crippen molar-refractivity contribution in [2.24, 2.45) is 0 Å². The van der Waals surface area contributed by atoms with Crippen molar-refractivity contribution < 1.29 is 0 Å². The number of fused-ring (bicyclic) bond motifs is 1. The molecule has 64 valence electrons. The van der Waals surface area contributed by atoms with E-state index in [1.807, 2.05) is 12.1 Å². The third-order valence-electron chi connectivity index (χ3n) is 2.04. The summed E-state index contributed by atoms with van der Waals surface area (Å²) < 4.78 is 0. The van der Waals surface area contributed by atoms with Crippen molar-refractivity contribution >= 4 is 11.0 Å². The zero-order chi connectivity index (χ0) is 9.26. The van der Waals surface area contributed by atoms with Gasteiger partial charge in [0, 0.05) is 17.3 Å². The minimum absolute atomic E-state index is 0.606. The van der Waals surface area contributed by atoms with Crippen molar-refractivity contribution in [2.45, 2.75) is 13.3 Å². The summed E-state index contributed by atoms with van der Waals surface area (Å²) in [6, 6.07) is 5.95. The molecule has 0 amide bonds. The molecular formula is C10H9N3. The highest BCUT2D eigenvalue weighted by Gasteiger charge is 2.00. The van der Waals surface area contributed by atoms with E-state index in [2.05, 4.69) is 23.0 Å². The maximum absolute atomic E-state index is 8.66. The van der Waals surface area contributed by atoms with Crippen LogP contribution in [0.25, 0.3) is 11.0 Å². The van der Waals surface area contributed by atoms with E-state index in [0.29, 0.717) is 5.56 Å². The number of hydrogen-bond donors (Lipinski definition) is 1. The van der Waals surface area contributed by atoms with Gasteiger partial charge in [-0.05, 0) is 18.6 Å². The summed E-state index contributed by atoms with van der Waals surface area (Å²) in [4.78, 5) is 7.32. The van der Waals surface area contributed by atoms with E-state index in [9.17, 15) is 0 Å². The highest BCUT2D eigenvalue weighted by Crippen LogP contribution is 2.14. The van der Waals surface area contributed by atoms with Crippen LogP contribution in [-0.4, -0.2) is 9.97 Å². The molecule has 3 heteroatoms. The van der Waals surface area contributed by atoms with Gasteiger partial charge in [-0.25, -0.2) is 4.98 Å². The minimum atomic E-state index is 0.606. The van der Waals surface area contributed by atoms with Crippen molar-refractivity contribution in [3.05, 3.63) is 29.6 Å². The Morgan fingerprint density at radius 3 is 3.08 bits per heavy atom. The van der Waals surface area contributed by atoms with Gasteiger partial charge in [0.2, 0.25) is 0 Å². The Bertz CT molecular complexity index is 476. The molecule has 0 saturated carbocycles. The summed E-state index contributed by atoms with van der Waals surface area (Å²) >= 11 is 0. The number of aromatic nitrogens is 2. The highest BCUT2D eigenvalue weighted by molar-refractivity contribution is 5.77. The maximum Gasteiger partial charge on any atom is 0.137 e. The fraction of sp³-hybridized carbons (Fsp3) is 0.200. The monoisotopic (exact) mass is 171 g/mol. The van der Waals surface area contributed by atoms with Crippen LogP contribution in [0, 0.1) is 11.3 Å². The summed E-state index contributed by atoms with van der Waals surface area (Å²) in [5, 5.41) is 9.67. The molecule has 1 N–H and O–H groups in total. The van der Waals surface area contributed by atoms with Crippen LogP contribution in [-0.2, 0) is 6.42 Å². The minimum Gasteiger partial charge on any atom is -0.343 e. The van der Waals surface area contributed by atoms with Gasteiger partial charge in [0.25, 0.3) is 0 Å². The molecule has 2 rings (SSSR count). The van der Waals surface area contributed by atoms with E-state index < -0.39 is 0 Å². The number of nitrogens with zero attached hydrogens (tertiary/aromatic N) is 2. The van der Waals surface area contributed by atoms with Crippen LogP contribution in [0.15, 0.2) is 18.3 Å². The number of aromatic amines is 1. The standard InChI is InChI=1S/C10H9N3/c1-2-9-4-8-3-7(5-11)6-12-10(8)13-9/h3-4,6H,2H2,1H3,(H,12,13). The fourth-order valence-corrected chi connectivity index (χ4v) is 1.32. The number of aryl methyl sites for hydroxylation is 1. The molecule has 0 fully saturated rings. The van der Waals surface area contributed by atoms with E-state index in [1.165, 1.54) is 0 Å². The molecule has 0 unspecified atom stereocenters. The average molecular weight is 171 g/mol. The molecule has 2 heterocycles. The Morgan fingerprint density at radius 1 is 1.54 bits per heavy atom. The van der Waals surface area contributed by atoms with Crippen LogP contribution in [0.1, 0.15) is 18.2 Å². The predicted octanol–water partition coefficient (Wildman–Crippen LogP) is 2.00. The lowest BCUT2D eigenvalue weighted by Crippen LogP contribution is -1.79. The zero-order valence-corrected chi connectivity index (χ0v) is 7.33. The predicted molar refractivity (Wildman–Crippen MR) is 50.2 cm³/mol. The van der Waals surface area contributed by atoms with Crippen molar-refractivity contribution in [1.29, 1.82) is 5.26 Å². The normalized spacial score (nSPS) is 10.2. The third kappa shape index (κ3) is 1.27. The molecule has 0 spiro atoms. The van der Waals surface area contributed by atoms with Crippen LogP contribution < -0.4 is 0 Å². The van der Waals surface area contributed by atoms with Gasteiger partial charge in [-0.1, -0.05) is 6.92 Å². The number of nitriles is 1. The first-order chi connectivity index (χ1) is 6.33. The second-order valence-electron chi connectivity index (χ2n) is 2.92. The van der Waals surface area contributed by atoms with Crippen LogP contribution in [0.2, 0.25) is 0 Å². The quantitative estimate of drug-likeness (QED) is 0.713. The van der Waals surface area contributed by atoms with Crippen LogP contribution in [0.4, 0.5) is 0 Å². The molecule has 0 bridgehead atoms. The van der Waals surface area contributed by atoms with E-state index >= 15 is 0 Å². The molecule has 0 aliphatic heterocycles. The lowest BCUT2D eigenvalue weighted by molar-refractivity contribution is 1.07. The van der Waals surface area contributed by atoms with Crippen LogP contribution in [0.5, 0.6) is 0 Å². The third-order valence-corrected chi connectivity index (χ3v) is 2.04. The summed E-state index contributed by atoms with van der Waals surface area (Å²) in [6.07, 6.45) is 2.54. The maximum atomic E-state index is 8.66. The molecule has 2 aromatic heterocycles. The molecule has 0 saturated heterocycles. The van der Waals surface area contributed by atoms with Gasteiger partial charge in [-0.15, -0.1) is 0 Å². The van der Waals surface area contributed by atoms with Gasteiger partial charge in [0.05, 0.1) is 5.56 Å². The van der Waals surface area contributed by atoms with Crippen LogP contribution >= 0.6 is 0 Å². The first-order valence-corrected chi connectivity index (χ1v) is 4.21. The Kier molecular flexibility index (Phi) is 1.75. The number of rotatable bonds is 1. The smallest absolute Gasteiger partial charge is 0.137 e.